The van der Waals surface area contributed by atoms with E-state index < -0.39 is 30.2 Å². The summed E-state index contributed by atoms with van der Waals surface area (Å²) in [7, 11) is 0. The smallest absolute Gasteiger partial charge is 0.409 e. The quantitative estimate of drug-likeness (QED) is 0.565. The van der Waals surface area contributed by atoms with Crippen molar-refractivity contribution in [2.45, 2.75) is 26.4 Å². The summed E-state index contributed by atoms with van der Waals surface area (Å²) in [5, 5.41) is 12.9. The van der Waals surface area contributed by atoms with Gasteiger partial charge in [-0.1, -0.05) is 0 Å². The Hall–Kier alpha value is -1.83. The molecule has 0 radical (unpaired) electrons. The number of ether oxygens (including phenoxy) is 2. The van der Waals surface area contributed by atoms with Crippen molar-refractivity contribution in [3.05, 3.63) is 0 Å². The molecule has 0 unspecified atom stereocenters. The van der Waals surface area contributed by atoms with Crippen LogP contribution in [0.1, 0.15) is 20.8 Å². The lowest BCUT2D eigenvalue weighted by Gasteiger charge is -2.19. The number of aliphatic carboxylic acids is 1. The Morgan fingerprint density at radius 3 is 2.22 bits per heavy atom. The van der Waals surface area contributed by atoms with E-state index in [2.05, 4.69) is 15.4 Å². The Bertz CT molecular complexity index is 310. The van der Waals surface area contributed by atoms with E-state index in [1.54, 1.807) is 20.8 Å². The van der Waals surface area contributed by atoms with E-state index in [1.165, 1.54) is 0 Å². The first-order valence-electron chi connectivity index (χ1n) is 5.24. The summed E-state index contributed by atoms with van der Waals surface area (Å²) >= 11 is 0. The third kappa shape index (κ3) is 10.7. The van der Waals surface area contributed by atoms with Crippen LogP contribution in [0.3, 0.4) is 0 Å². The van der Waals surface area contributed by atoms with E-state index >= 15 is 0 Å². The van der Waals surface area contributed by atoms with Crippen LogP contribution in [-0.4, -0.2) is 48.6 Å². The van der Waals surface area contributed by atoms with Crippen LogP contribution in [0.25, 0.3) is 0 Å². The molecule has 0 heterocycles. The molecule has 0 aliphatic rings. The first-order chi connectivity index (χ1) is 8.20. The Morgan fingerprint density at radius 1 is 1.11 bits per heavy atom. The first kappa shape index (κ1) is 16.2. The highest BCUT2D eigenvalue weighted by molar-refractivity contribution is 5.78. The lowest BCUT2D eigenvalue weighted by molar-refractivity contribution is -0.143. The van der Waals surface area contributed by atoms with Crippen LogP contribution >= 0.6 is 0 Å². The van der Waals surface area contributed by atoms with Crippen molar-refractivity contribution in [1.82, 2.24) is 10.6 Å². The van der Waals surface area contributed by atoms with Crippen LogP contribution in [0.15, 0.2) is 0 Å². The van der Waals surface area contributed by atoms with E-state index in [9.17, 15) is 14.4 Å². The minimum atomic E-state index is -1.16. The predicted molar refractivity (Wildman–Crippen MR) is 60.8 cm³/mol. The molecule has 0 saturated heterocycles. The van der Waals surface area contributed by atoms with Crippen LogP contribution < -0.4 is 10.6 Å². The van der Waals surface area contributed by atoms with Crippen LogP contribution in [-0.2, 0) is 19.1 Å². The SMILES string of the molecule is CC(C)(C)OC(=O)NCNC(=O)COCC(=O)O. The Labute approximate surface area is 105 Å². The molecule has 0 aromatic heterocycles. The van der Waals surface area contributed by atoms with Crippen molar-refractivity contribution in [3.63, 3.8) is 0 Å². The number of hydrogen-bond acceptors (Lipinski definition) is 5. The van der Waals surface area contributed by atoms with E-state index in [1.807, 2.05) is 0 Å². The molecule has 0 aromatic carbocycles. The summed E-state index contributed by atoms with van der Waals surface area (Å²) in [5.74, 6) is -1.69. The summed E-state index contributed by atoms with van der Waals surface area (Å²) in [4.78, 5) is 32.3. The van der Waals surface area contributed by atoms with Gasteiger partial charge in [0.15, 0.2) is 0 Å². The van der Waals surface area contributed by atoms with Gasteiger partial charge in [0.25, 0.3) is 0 Å². The normalized spacial score (nSPS) is 10.6. The van der Waals surface area contributed by atoms with Gasteiger partial charge in [0.2, 0.25) is 5.91 Å². The van der Waals surface area contributed by atoms with Crippen LogP contribution in [0.5, 0.6) is 0 Å². The molecular formula is C10H18N2O6. The lowest BCUT2D eigenvalue weighted by Crippen LogP contribution is -2.41. The highest BCUT2D eigenvalue weighted by Gasteiger charge is 2.15. The maximum atomic E-state index is 11.1. The van der Waals surface area contributed by atoms with Gasteiger partial charge in [0.05, 0.1) is 6.67 Å². The van der Waals surface area contributed by atoms with Crippen molar-refractivity contribution in [2.24, 2.45) is 0 Å². The second-order valence-electron chi connectivity index (χ2n) is 4.34. The third-order valence-corrected chi connectivity index (χ3v) is 1.38. The van der Waals surface area contributed by atoms with Gasteiger partial charge >= 0.3 is 12.1 Å². The second-order valence-corrected chi connectivity index (χ2v) is 4.34. The van der Waals surface area contributed by atoms with E-state index in [0.717, 1.165) is 0 Å². The molecule has 18 heavy (non-hydrogen) atoms. The number of carboxylic acids is 1. The minimum Gasteiger partial charge on any atom is -0.480 e. The van der Waals surface area contributed by atoms with Gasteiger partial charge in [0, 0.05) is 0 Å². The average molecular weight is 262 g/mol. The summed E-state index contributed by atoms with van der Waals surface area (Å²) in [6, 6.07) is 0. The molecule has 0 fully saturated rings. The Morgan fingerprint density at radius 2 is 1.72 bits per heavy atom. The van der Waals surface area contributed by atoms with Crippen molar-refractivity contribution in [2.75, 3.05) is 19.9 Å². The number of alkyl carbamates (subject to hydrolysis) is 1. The maximum absolute atomic E-state index is 11.1. The van der Waals surface area contributed by atoms with Crippen LogP contribution in [0.2, 0.25) is 0 Å². The zero-order valence-electron chi connectivity index (χ0n) is 10.6. The molecular weight excluding hydrogens is 244 g/mol. The molecule has 3 N–H and O–H groups in total. The fourth-order valence-corrected chi connectivity index (χ4v) is 0.811. The monoisotopic (exact) mass is 262 g/mol. The number of amides is 2. The van der Waals surface area contributed by atoms with Crippen molar-refractivity contribution >= 4 is 18.0 Å². The number of carbonyl (C=O) groups excluding carboxylic acids is 2. The molecule has 0 aliphatic carbocycles. The van der Waals surface area contributed by atoms with Crippen LogP contribution in [0, 0.1) is 0 Å². The number of nitrogens with one attached hydrogen (secondary N) is 2. The van der Waals surface area contributed by atoms with Gasteiger partial charge in [-0.2, -0.15) is 0 Å². The second kappa shape index (κ2) is 7.49. The molecule has 104 valence electrons. The van der Waals surface area contributed by atoms with Crippen molar-refractivity contribution in [3.8, 4) is 0 Å². The van der Waals surface area contributed by atoms with E-state index in [0.29, 0.717) is 0 Å². The highest BCUT2D eigenvalue weighted by Crippen LogP contribution is 2.05. The molecule has 8 nitrogen and oxygen atoms in total. The van der Waals surface area contributed by atoms with E-state index in [-0.39, 0.29) is 13.3 Å². The summed E-state index contributed by atoms with van der Waals surface area (Å²) in [6.07, 6.45) is -0.658. The molecule has 0 aromatic rings. The minimum absolute atomic E-state index is 0.121. The molecule has 0 spiro atoms. The van der Waals surface area contributed by atoms with Gasteiger partial charge in [-0.25, -0.2) is 9.59 Å². The molecule has 0 saturated carbocycles. The molecule has 8 heteroatoms. The maximum Gasteiger partial charge on any atom is 0.409 e. The van der Waals surface area contributed by atoms with Gasteiger partial charge < -0.3 is 25.2 Å². The van der Waals surface area contributed by atoms with Gasteiger partial charge in [-0.05, 0) is 20.8 Å². The topological polar surface area (TPSA) is 114 Å². The number of carbonyl (C=O) groups is 3. The Kier molecular flexibility index (Phi) is 6.73. The molecule has 2 amide bonds. The molecule has 0 rings (SSSR count). The summed E-state index contributed by atoms with van der Waals surface area (Å²) in [6.45, 7) is 4.08. The third-order valence-electron chi connectivity index (χ3n) is 1.38. The first-order valence-corrected chi connectivity index (χ1v) is 5.24. The highest BCUT2D eigenvalue weighted by atomic mass is 16.6. The largest absolute Gasteiger partial charge is 0.480 e. The lowest BCUT2D eigenvalue weighted by atomic mass is 10.2. The predicted octanol–water partition coefficient (Wildman–Crippen LogP) is -0.314. The molecule has 0 bridgehead atoms. The zero-order valence-corrected chi connectivity index (χ0v) is 10.6. The molecule has 0 aliphatic heterocycles. The van der Waals surface area contributed by atoms with E-state index in [4.69, 9.17) is 9.84 Å². The number of carboxylic acid groups (broad SMARTS) is 1. The number of hydrogen-bond donors (Lipinski definition) is 3. The summed E-state index contributed by atoms with van der Waals surface area (Å²) < 4.78 is 9.46. The number of rotatable bonds is 6. The van der Waals surface area contributed by atoms with Gasteiger partial charge in [-0.15, -0.1) is 0 Å². The fraction of sp³-hybridized carbons (Fsp3) is 0.700. The Balaban J connectivity index is 3.62. The van der Waals surface area contributed by atoms with Crippen molar-refractivity contribution < 1.29 is 29.0 Å². The average Bonchev–Trinajstić information content (AvgIpc) is 2.13. The zero-order chi connectivity index (χ0) is 14.2. The fourth-order valence-electron chi connectivity index (χ4n) is 0.811. The van der Waals surface area contributed by atoms with Gasteiger partial charge in [-0.3, -0.25) is 4.79 Å². The molecule has 0 atom stereocenters. The van der Waals surface area contributed by atoms with Crippen molar-refractivity contribution in [1.29, 1.82) is 0 Å². The summed E-state index contributed by atoms with van der Waals surface area (Å²) in [5.41, 5.74) is -0.612. The van der Waals surface area contributed by atoms with Gasteiger partial charge in [0.1, 0.15) is 18.8 Å². The van der Waals surface area contributed by atoms with Crippen LogP contribution in [0.4, 0.5) is 4.79 Å². The standard InChI is InChI=1S/C10H18N2O6/c1-10(2,3)18-9(16)12-6-11-7(13)4-17-5-8(14)15/h4-6H2,1-3H3,(H,11,13)(H,12,16)(H,14,15).